The van der Waals surface area contributed by atoms with Gasteiger partial charge in [0.2, 0.25) is 0 Å². The van der Waals surface area contributed by atoms with Crippen molar-refractivity contribution in [3.05, 3.63) is 58.9 Å². The van der Waals surface area contributed by atoms with Gasteiger partial charge in [-0.1, -0.05) is 47.5 Å². The van der Waals surface area contributed by atoms with Crippen molar-refractivity contribution in [2.75, 3.05) is 24.0 Å². The third kappa shape index (κ3) is 6.42. The van der Waals surface area contributed by atoms with E-state index in [4.69, 9.17) is 4.74 Å². The Hall–Kier alpha value is -2.25. The number of nitrogens with zero attached hydrogens (tertiary/aromatic N) is 1. The molecule has 2 rings (SSSR count). The van der Waals surface area contributed by atoms with Gasteiger partial charge in [0.15, 0.2) is 0 Å². The summed E-state index contributed by atoms with van der Waals surface area (Å²) in [5.41, 5.74) is 3.21. The van der Waals surface area contributed by atoms with Gasteiger partial charge in [-0.15, -0.1) is 0 Å². The zero-order valence-corrected chi connectivity index (χ0v) is 17.8. The van der Waals surface area contributed by atoms with Crippen LogP contribution >= 0.6 is 15.9 Å². The third-order valence-electron chi connectivity index (χ3n) is 4.17. The number of pyridine rings is 1. The van der Waals surface area contributed by atoms with Gasteiger partial charge in [-0.25, -0.2) is 4.98 Å². The van der Waals surface area contributed by atoms with Gasteiger partial charge in [0.05, 0.1) is 12.2 Å². The highest BCUT2D eigenvalue weighted by Crippen LogP contribution is 2.18. The molecule has 0 atom stereocenters. The number of ether oxygens (including phenoxy) is 1. The lowest BCUT2D eigenvalue weighted by atomic mass is 10.1. The maximum absolute atomic E-state index is 12.9. The molecule has 2 N–H and O–H groups in total. The molecule has 0 fully saturated rings. The van der Waals surface area contributed by atoms with Crippen LogP contribution in [0.1, 0.15) is 51.9 Å². The Kier molecular flexibility index (Phi) is 9.10. The molecule has 0 spiro atoms. The number of carbonyl (C=O) groups excluding carboxylic acids is 2. The molecule has 0 bridgehead atoms. The first-order chi connectivity index (χ1) is 13.6. The number of aryl methyl sites for hydroxylation is 1. The highest BCUT2D eigenvalue weighted by Gasteiger charge is 2.19. The Bertz CT molecular complexity index is 811. The van der Waals surface area contributed by atoms with Crippen molar-refractivity contribution in [2.45, 2.75) is 33.1 Å². The van der Waals surface area contributed by atoms with E-state index in [0.29, 0.717) is 36.5 Å². The number of hydrogen-bond donors (Lipinski definition) is 2. The van der Waals surface area contributed by atoms with E-state index in [2.05, 4.69) is 38.5 Å². The van der Waals surface area contributed by atoms with E-state index in [-0.39, 0.29) is 23.1 Å². The molecule has 0 unspecified atom stereocenters. The number of rotatable bonds is 10. The van der Waals surface area contributed by atoms with E-state index in [1.165, 1.54) is 0 Å². The van der Waals surface area contributed by atoms with Crippen LogP contribution in [0.5, 0.6) is 0 Å². The topological polar surface area (TPSA) is 80.3 Å². The zero-order valence-electron chi connectivity index (χ0n) is 16.3. The molecular formula is C21H26BrN3O3. The van der Waals surface area contributed by atoms with E-state index < -0.39 is 0 Å². The molecule has 0 radical (unpaired) electrons. The van der Waals surface area contributed by atoms with Crippen LogP contribution in [0.4, 0.5) is 5.69 Å². The van der Waals surface area contributed by atoms with Crippen LogP contribution in [0.3, 0.4) is 0 Å². The van der Waals surface area contributed by atoms with Crippen molar-refractivity contribution in [3.8, 4) is 0 Å². The second-order valence-electron chi connectivity index (χ2n) is 6.34. The Labute approximate surface area is 174 Å². The molecule has 0 aliphatic rings. The molecule has 0 aliphatic heterocycles. The lowest BCUT2D eigenvalue weighted by Crippen LogP contribution is -2.29. The van der Waals surface area contributed by atoms with Crippen molar-refractivity contribution in [3.63, 3.8) is 0 Å². The summed E-state index contributed by atoms with van der Waals surface area (Å²) in [5.74, 6) is -0.691. The lowest BCUT2D eigenvalue weighted by Gasteiger charge is -2.13. The number of unbranched alkanes of at least 4 members (excludes halogenated alkanes) is 1. The molecule has 150 valence electrons. The minimum absolute atomic E-state index is 0.147. The van der Waals surface area contributed by atoms with Crippen LogP contribution in [0.2, 0.25) is 0 Å². The van der Waals surface area contributed by atoms with E-state index >= 15 is 0 Å². The standard InChI is InChI=1S/C21H26BrN3O3/c1-3-4-12-23-21(27)19-17(10-9-15(2)24-19)20(26)25-18-8-6-5-7-16(18)11-13-28-14-22/h5-10H,3-4,11-14H2,1-2H3,(H,23,27)(H,25,26). The number of nitrogens with one attached hydrogen (secondary N) is 2. The number of hydrogen-bond acceptors (Lipinski definition) is 4. The largest absolute Gasteiger partial charge is 0.370 e. The number of alkyl halides is 1. The predicted octanol–water partition coefficient (Wildman–Crippen LogP) is 4.08. The van der Waals surface area contributed by atoms with Gasteiger partial charge in [0.25, 0.3) is 11.8 Å². The highest BCUT2D eigenvalue weighted by molar-refractivity contribution is 9.09. The summed E-state index contributed by atoms with van der Waals surface area (Å²) in [6, 6.07) is 10.9. The van der Waals surface area contributed by atoms with Crippen molar-refractivity contribution in [1.29, 1.82) is 0 Å². The summed E-state index contributed by atoms with van der Waals surface area (Å²) in [5, 5.41) is 5.74. The highest BCUT2D eigenvalue weighted by atomic mass is 79.9. The maximum atomic E-state index is 12.9. The second kappa shape index (κ2) is 11.6. The van der Waals surface area contributed by atoms with Crippen LogP contribution in [-0.2, 0) is 11.2 Å². The molecule has 2 aromatic rings. The normalized spacial score (nSPS) is 10.5. The molecular weight excluding hydrogens is 422 g/mol. The minimum atomic E-state index is -0.359. The van der Waals surface area contributed by atoms with Crippen LogP contribution in [0.25, 0.3) is 0 Å². The summed E-state index contributed by atoms with van der Waals surface area (Å²) in [7, 11) is 0. The number of aromatic nitrogens is 1. The monoisotopic (exact) mass is 447 g/mol. The third-order valence-corrected chi connectivity index (χ3v) is 4.49. The van der Waals surface area contributed by atoms with Gasteiger partial charge in [-0.2, -0.15) is 0 Å². The first kappa shape index (κ1) is 22.0. The fourth-order valence-corrected chi connectivity index (χ4v) is 2.89. The minimum Gasteiger partial charge on any atom is -0.370 e. The summed E-state index contributed by atoms with van der Waals surface area (Å²) in [4.78, 5) is 29.7. The Morgan fingerprint density at radius 3 is 2.68 bits per heavy atom. The predicted molar refractivity (Wildman–Crippen MR) is 114 cm³/mol. The number of anilines is 1. The van der Waals surface area contributed by atoms with Gasteiger partial charge >= 0.3 is 0 Å². The maximum Gasteiger partial charge on any atom is 0.270 e. The summed E-state index contributed by atoms with van der Waals surface area (Å²) in [6.07, 6.45) is 2.52. The number of para-hydroxylation sites is 1. The number of halogens is 1. The smallest absolute Gasteiger partial charge is 0.270 e. The van der Waals surface area contributed by atoms with Gasteiger partial charge in [0, 0.05) is 17.9 Å². The van der Waals surface area contributed by atoms with E-state index in [9.17, 15) is 9.59 Å². The SMILES string of the molecule is CCCCNC(=O)c1nc(C)ccc1C(=O)Nc1ccccc1CCOCBr. The number of benzene rings is 1. The Balaban J connectivity index is 2.20. The molecule has 0 saturated carbocycles. The van der Waals surface area contributed by atoms with Crippen molar-refractivity contribution >= 4 is 33.4 Å². The average Bonchev–Trinajstić information content (AvgIpc) is 2.69. The molecule has 1 aromatic heterocycles. The summed E-state index contributed by atoms with van der Waals surface area (Å²) >= 11 is 3.23. The van der Waals surface area contributed by atoms with Crippen LogP contribution in [0.15, 0.2) is 36.4 Å². The van der Waals surface area contributed by atoms with Crippen molar-refractivity contribution in [2.24, 2.45) is 0 Å². The molecule has 1 heterocycles. The molecule has 0 aliphatic carbocycles. The molecule has 0 saturated heterocycles. The van der Waals surface area contributed by atoms with Gasteiger partial charge in [0.1, 0.15) is 11.2 Å². The van der Waals surface area contributed by atoms with Crippen LogP contribution in [-0.4, -0.2) is 35.5 Å². The number of carbonyl (C=O) groups is 2. The summed E-state index contributed by atoms with van der Waals surface area (Å²) < 4.78 is 5.33. The van der Waals surface area contributed by atoms with Crippen LogP contribution in [0, 0.1) is 6.92 Å². The van der Waals surface area contributed by atoms with E-state index in [1.807, 2.05) is 24.3 Å². The molecule has 7 heteroatoms. The quantitative estimate of drug-likeness (QED) is 0.424. The summed E-state index contributed by atoms with van der Waals surface area (Å²) in [6.45, 7) is 4.94. The molecule has 6 nitrogen and oxygen atoms in total. The van der Waals surface area contributed by atoms with Crippen LogP contribution < -0.4 is 10.6 Å². The van der Waals surface area contributed by atoms with E-state index in [1.54, 1.807) is 19.1 Å². The second-order valence-corrected chi connectivity index (χ2v) is 6.79. The molecule has 2 amide bonds. The van der Waals surface area contributed by atoms with E-state index in [0.717, 1.165) is 18.4 Å². The van der Waals surface area contributed by atoms with Crippen molar-refractivity contribution < 1.29 is 14.3 Å². The first-order valence-corrected chi connectivity index (χ1v) is 10.5. The first-order valence-electron chi connectivity index (χ1n) is 9.35. The van der Waals surface area contributed by atoms with Gasteiger partial charge < -0.3 is 15.4 Å². The van der Waals surface area contributed by atoms with Crippen molar-refractivity contribution in [1.82, 2.24) is 10.3 Å². The lowest BCUT2D eigenvalue weighted by molar-refractivity contribution is 0.0934. The Morgan fingerprint density at radius 1 is 1.14 bits per heavy atom. The zero-order chi connectivity index (χ0) is 20.4. The van der Waals surface area contributed by atoms with Gasteiger partial charge in [-0.3, -0.25) is 9.59 Å². The fraction of sp³-hybridized carbons (Fsp3) is 0.381. The average molecular weight is 448 g/mol. The number of amides is 2. The molecule has 1 aromatic carbocycles. The Morgan fingerprint density at radius 2 is 1.93 bits per heavy atom. The molecule has 28 heavy (non-hydrogen) atoms. The van der Waals surface area contributed by atoms with Gasteiger partial charge in [-0.05, 0) is 43.5 Å². The fourth-order valence-electron chi connectivity index (χ4n) is 2.66.